The van der Waals surface area contributed by atoms with Gasteiger partial charge in [-0.1, -0.05) is 6.92 Å². The van der Waals surface area contributed by atoms with Crippen molar-refractivity contribution in [1.82, 2.24) is 14.7 Å². The Morgan fingerprint density at radius 3 is 2.52 bits per heavy atom. The molecule has 0 unspecified atom stereocenters. The van der Waals surface area contributed by atoms with Crippen LogP contribution in [0.25, 0.3) is 0 Å². The number of anilines is 1. The summed E-state index contributed by atoms with van der Waals surface area (Å²) in [4.78, 5) is 8.00. The second-order valence-corrected chi connectivity index (χ2v) is 6.24. The Morgan fingerprint density at radius 1 is 1.14 bits per heavy atom. The Morgan fingerprint density at radius 2 is 1.90 bits per heavy atom. The molecule has 0 fully saturated rings. The molecule has 112 valence electrons. The van der Waals surface area contributed by atoms with Crippen LogP contribution in [0.5, 0.6) is 0 Å². The second-order valence-electron chi connectivity index (χ2n) is 4.48. The van der Waals surface area contributed by atoms with Crippen LogP contribution in [0.1, 0.15) is 19.0 Å². The zero-order chi connectivity index (χ0) is 15.1. The van der Waals surface area contributed by atoms with Crippen molar-refractivity contribution in [2.24, 2.45) is 0 Å². The molecule has 7 heteroatoms. The van der Waals surface area contributed by atoms with Crippen LogP contribution < -0.4 is 10.0 Å². The fourth-order valence-electron chi connectivity index (χ4n) is 1.70. The molecule has 1 aromatic carbocycles. The third-order valence-electron chi connectivity index (χ3n) is 2.83. The summed E-state index contributed by atoms with van der Waals surface area (Å²) < 4.78 is 26.8. The monoisotopic (exact) mass is 306 g/mol. The molecule has 0 saturated heterocycles. The quantitative estimate of drug-likeness (QED) is 0.814. The summed E-state index contributed by atoms with van der Waals surface area (Å²) in [6, 6.07) is 8.35. The van der Waals surface area contributed by atoms with Gasteiger partial charge in [-0.3, -0.25) is 0 Å². The second kappa shape index (κ2) is 7.14. The highest BCUT2D eigenvalue weighted by molar-refractivity contribution is 7.89. The van der Waals surface area contributed by atoms with Gasteiger partial charge in [-0.15, -0.1) is 0 Å². The van der Waals surface area contributed by atoms with Gasteiger partial charge in [-0.2, -0.15) is 0 Å². The molecule has 1 aromatic heterocycles. The zero-order valence-electron chi connectivity index (χ0n) is 11.8. The van der Waals surface area contributed by atoms with Crippen LogP contribution in [0.4, 0.5) is 5.69 Å². The van der Waals surface area contributed by atoms with Gasteiger partial charge in [0.1, 0.15) is 6.33 Å². The molecule has 0 aliphatic heterocycles. The number of nitrogens with zero attached hydrogens (tertiary/aromatic N) is 2. The van der Waals surface area contributed by atoms with Crippen LogP contribution in [0.2, 0.25) is 0 Å². The SMILES string of the molecule is CCCNc1ccc(S(=O)(=O)NCc2ccncn2)cc1. The van der Waals surface area contributed by atoms with E-state index in [-0.39, 0.29) is 11.4 Å². The number of nitrogens with one attached hydrogen (secondary N) is 2. The van der Waals surface area contributed by atoms with E-state index in [0.29, 0.717) is 5.69 Å². The summed E-state index contributed by atoms with van der Waals surface area (Å²) in [7, 11) is -3.53. The lowest BCUT2D eigenvalue weighted by Gasteiger charge is -2.08. The van der Waals surface area contributed by atoms with E-state index in [4.69, 9.17) is 0 Å². The number of sulfonamides is 1. The van der Waals surface area contributed by atoms with E-state index in [0.717, 1.165) is 18.7 Å². The first kappa shape index (κ1) is 15.4. The third-order valence-corrected chi connectivity index (χ3v) is 4.25. The lowest BCUT2D eigenvalue weighted by Crippen LogP contribution is -2.23. The lowest BCUT2D eigenvalue weighted by atomic mass is 10.3. The van der Waals surface area contributed by atoms with E-state index >= 15 is 0 Å². The first-order chi connectivity index (χ1) is 10.1. The number of benzene rings is 1. The van der Waals surface area contributed by atoms with Gasteiger partial charge in [0.15, 0.2) is 0 Å². The number of hydrogen-bond donors (Lipinski definition) is 2. The molecule has 0 radical (unpaired) electrons. The van der Waals surface area contributed by atoms with Crippen molar-refractivity contribution in [1.29, 1.82) is 0 Å². The average Bonchev–Trinajstić information content (AvgIpc) is 2.52. The van der Waals surface area contributed by atoms with E-state index < -0.39 is 10.0 Å². The van der Waals surface area contributed by atoms with Crippen molar-refractivity contribution in [3.8, 4) is 0 Å². The minimum atomic E-state index is -3.53. The summed E-state index contributed by atoms with van der Waals surface area (Å²) in [5, 5.41) is 3.20. The highest BCUT2D eigenvalue weighted by Crippen LogP contribution is 2.14. The van der Waals surface area contributed by atoms with Gasteiger partial charge in [0.2, 0.25) is 10.0 Å². The third kappa shape index (κ3) is 4.51. The molecule has 0 bridgehead atoms. The molecule has 0 amide bonds. The molecule has 2 aromatic rings. The number of hydrogen-bond acceptors (Lipinski definition) is 5. The molecule has 2 rings (SSSR count). The van der Waals surface area contributed by atoms with E-state index in [1.54, 1.807) is 36.5 Å². The van der Waals surface area contributed by atoms with E-state index in [2.05, 4.69) is 26.9 Å². The van der Waals surface area contributed by atoms with Crippen molar-refractivity contribution in [2.45, 2.75) is 24.8 Å². The van der Waals surface area contributed by atoms with Crippen LogP contribution in [-0.4, -0.2) is 24.9 Å². The maximum absolute atomic E-state index is 12.2. The van der Waals surface area contributed by atoms with Gasteiger partial charge in [0, 0.05) is 18.4 Å². The Bertz CT molecular complexity index is 657. The fraction of sp³-hybridized carbons (Fsp3) is 0.286. The van der Waals surface area contributed by atoms with Crippen molar-refractivity contribution in [3.63, 3.8) is 0 Å². The molecular weight excluding hydrogens is 288 g/mol. The van der Waals surface area contributed by atoms with Crippen LogP contribution >= 0.6 is 0 Å². The number of rotatable bonds is 7. The van der Waals surface area contributed by atoms with E-state index in [1.165, 1.54) is 6.33 Å². The molecular formula is C14H18N4O2S. The van der Waals surface area contributed by atoms with Gasteiger partial charge in [-0.05, 0) is 36.8 Å². The predicted octanol–water partition coefficient (Wildman–Crippen LogP) is 1.78. The topological polar surface area (TPSA) is 84.0 Å². The Kier molecular flexibility index (Phi) is 5.24. The van der Waals surface area contributed by atoms with Gasteiger partial charge < -0.3 is 5.32 Å². The molecule has 0 aliphatic carbocycles. The minimum absolute atomic E-state index is 0.140. The first-order valence-electron chi connectivity index (χ1n) is 6.70. The molecule has 1 heterocycles. The molecule has 0 saturated carbocycles. The molecule has 0 aliphatic rings. The van der Waals surface area contributed by atoms with Crippen LogP contribution in [0.15, 0.2) is 47.8 Å². The van der Waals surface area contributed by atoms with Crippen LogP contribution in [0.3, 0.4) is 0 Å². The Hall–Kier alpha value is -1.99. The van der Waals surface area contributed by atoms with Gasteiger partial charge in [-0.25, -0.2) is 23.1 Å². The van der Waals surface area contributed by atoms with Crippen molar-refractivity contribution >= 4 is 15.7 Å². The standard InChI is InChI=1S/C14H18N4O2S/c1-2-8-16-12-3-5-14(6-4-12)21(19,20)18-10-13-7-9-15-11-17-13/h3-7,9,11,16,18H,2,8,10H2,1H3. The Labute approximate surface area is 124 Å². The highest BCUT2D eigenvalue weighted by Gasteiger charge is 2.13. The zero-order valence-corrected chi connectivity index (χ0v) is 12.6. The van der Waals surface area contributed by atoms with E-state index in [1.807, 2.05) is 0 Å². The summed E-state index contributed by atoms with van der Waals surface area (Å²) in [5.74, 6) is 0. The first-order valence-corrected chi connectivity index (χ1v) is 8.18. The predicted molar refractivity (Wildman–Crippen MR) is 81.3 cm³/mol. The summed E-state index contributed by atoms with van der Waals surface area (Å²) >= 11 is 0. The molecule has 2 N–H and O–H groups in total. The Balaban J connectivity index is 2.02. The maximum Gasteiger partial charge on any atom is 0.240 e. The van der Waals surface area contributed by atoms with Crippen LogP contribution in [-0.2, 0) is 16.6 Å². The highest BCUT2D eigenvalue weighted by atomic mass is 32.2. The lowest BCUT2D eigenvalue weighted by molar-refractivity contribution is 0.580. The fourth-order valence-corrected chi connectivity index (χ4v) is 2.70. The summed E-state index contributed by atoms with van der Waals surface area (Å²) in [6.45, 7) is 3.07. The number of aromatic nitrogens is 2. The molecule has 0 atom stereocenters. The summed E-state index contributed by atoms with van der Waals surface area (Å²) in [5.41, 5.74) is 1.53. The molecule has 6 nitrogen and oxygen atoms in total. The molecule has 0 spiro atoms. The van der Waals surface area contributed by atoms with Crippen LogP contribution in [0, 0.1) is 0 Å². The van der Waals surface area contributed by atoms with E-state index in [9.17, 15) is 8.42 Å². The minimum Gasteiger partial charge on any atom is -0.385 e. The maximum atomic E-state index is 12.2. The normalized spacial score (nSPS) is 11.3. The van der Waals surface area contributed by atoms with Gasteiger partial charge in [0.05, 0.1) is 17.1 Å². The average molecular weight is 306 g/mol. The smallest absolute Gasteiger partial charge is 0.240 e. The van der Waals surface area contributed by atoms with Gasteiger partial charge in [0.25, 0.3) is 0 Å². The van der Waals surface area contributed by atoms with Crippen molar-refractivity contribution in [3.05, 3.63) is 48.5 Å². The largest absolute Gasteiger partial charge is 0.385 e. The summed E-state index contributed by atoms with van der Waals surface area (Å²) in [6.07, 6.45) is 3.98. The molecule has 21 heavy (non-hydrogen) atoms. The van der Waals surface area contributed by atoms with Crippen molar-refractivity contribution < 1.29 is 8.42 Å². The van der Waals surface area contributed by atoms with Crippen molar-refractivity contribution in [2.75, 3.05) is 11.9 Å². The van der Waals surface area contributed by atoms with Gasteiger partial charge >= 0.3 is 0 Å².